The number of nitriles is 1. The number of nitrogens with zero attached hydrogens (tertiary/aromatic N) is 4. The maximum atomic E-state index is 12.6. The Labute approximate surface area is 135 Å². The highest BCUT2D eigenvalue weighted by Crippen LogP contribution is 2.14. The van der Waals surface area contributed by atoms with Crippen LogP contribution in [0.5, 0.6) is 0 Å². The molecule has 0 aliphatic carbocycles. The fraction of sp³-hybridized carbons (Fsp3) is 0.400. The zero-order chi connectivity index (χ0) is 16.9. The minimum absolute atomic E-state index is 0.156. The molecule has 122 valence electrons. The molecule has 0 spiro atoms. The largest absolute Gasteiger partial charge is 0.340 e. The van der Waals surface area contributed by atoms with E-state index in [1.165, 1.54) is 4.31 Å². The normalized spacial score (nSPS) is 11.6. The Balaban J connectivity index is 2.16. The molecule has 1 aromatic carbocycles. The lowest BCUT2D eigenvalue weighted by Gasteiger charge is -2.21. The summed E-state index contributed by atoms with van der Waals surface area (Å²) in [5.41, 5.74) is 1.37. The molecule has 0 saturated carbocycles. The minimum atomic E-state index is -3.55. The van der Waals surface area contributed by atoms with Crippen LogP contribution in [0.25, 0.3) is 0 Å². The van der Waals surface area contributed by atoms with E-state index in [1.54, 1.807) is 31.2 Å². The third-order valence-electron chi connectivity index (χ3n) is 3.19. The maximum absolute atomic E-state index is 12.6. The Kier molecular flexibility index (Phi) is 5.47. The molecule has 8 heteroatoms. The lowest BCUT2D eigenvalue weighted by molar-refractivity contribution is 0.385. The zero-order valence-corrected chi connectivity index (χ0v) is 13.9. The molecule has 1 heterocycles. The quantitative estimate of drug-likeness (QED) is 0.767. The third-order valence-corrected chi connectivity index (χ3v) is 4.91. The average molecular weight is 334 g/mol. The highest BCUT2D eigenvalue weighted by atomic mass is 32.2. The maximum Gasteiger partial charge on any atom is 0.223 e. The van der Waals surface area contributed by atoms with E-state index in [4.69, 9.17) is 9.78 Å². The molecule has 0 aliphatic rings. The molecule has 0 radical (unpaired) electrons. The van der Waals surface area contributed by atoms with Crippen LogP contribution in [0.3, 0.4) is 0 Å². The fourth-order valence-corrected chi connectivity index (χ4v) is 3.54. The first-order valence-corrected chi connectivity index (χ1v) is 8.81. The van der Waals surface area contributed by atoms with Gasteiger partial charge < -0.3 is 4.52 Å². The van der Waals surface area contributed by atoms with Crippen LogP contribution >= 0.6 is 0 Å². The van der Waals surface area contributed by atoms with Gasteiger partial charge in [-0.2, -0.15) is 14.6 Å². The van der Waals surface area contributed by atoms with Crippen LogP contribution in [0.1, 0.15) is 36.2 Å². The van der Waals surface area contributed by atoms with Crippen molar-refractivity contribution in [1.82, 2.24) is 14.4 Å². The lowest BCUT2D eigenvalue weighted by Crippen LogP contribution is -2.32. The molecule has 0 bridgehead atoms. The van der Waals surface area contributed by atoms with Crippen molar-refractivity contribution in [2.45, 2.75) is 32.6 Å². The summed E-state index contributed by atoms with van der Waals surface area (Å²) in [4.78, 5) is 3.95. The van der Waals surface area contributed by atoms with E-state index in [0.29, 0.717) is 24.4 Å². The molecular formula is C15H18N4O3S. The summed E-state index contributed by atoms with van der Waals surface area (Å²) >= 11 is 0. The van der Waals surface area contributed by atoms with Crippen LogP contribution in [-0.2, 0) is 22.3 Å². The Morgan fingerprint density at radius 2 is 2.00 bits per heavy atom. The van der Waals surface area contributed by atoms with Crippen molar-refractivity contribution < 1.29 is 12.9 Å². The van der Waals surface area contributed by atoms with Crippen LogP contribution < -0.4 is 0 Å². The highest BCUT2D eigenvalue weighted by Gasteiger charge is 2.24. The second kappa shape index (κ2) is 7.35. The number of sulfonamides is 1. The molecule has 2 aromatic rings. The van der Waals surface area contributed by atoms with Gasteiger partial charge in [-0.1, -0.05) is 24.2 Å². The Bertz CT molecular complexity index is 791. The van der Waals surface area contributed by atoms with Crippen LogP contribution in [0.2, 0.25) is 0 Å². The summed E-state index contributed by atoms with van der Waals surface area (Å²) < 4.78 is 31.4. The predicted molar refractivity (Wildman–Crippen MR) is 83.5 cm³/mol. The first kappa shape index (κ1) is 17.1. The van der Waals surface area contributed by atoms with Crippen molar-refractivity contribution in [3.63, 3.8) is 0 Å². The van der Waals surface area contributed by atoms with Gasteiger partial charge in [-0.25, -0.2) is 8.42 Å². The monoisotopic (exact) mass is 334 g/mol. The lowest BCUT2D eigenvalue weighted by atomic mass is 10.1. The molecule has 1 aromatic heterocycles. The summed E-state index contributed by atoms with van der Waals surface area (Å²) in [7, 11) is -3.55. The first-order chi connectivity index (χ1) is 10.9. The fourth-order valence-electron chi connectivity index (χ4n) is 2.11. The van der Waals surface area contributed by atoms with Gasteiger partial charge in [0, 0.05) is 20.0 Å². The van der Waals surface area contributed by atoms with Crippen LogP contribution in [-0.4, -0.2) is 29.4 Å². The van der Waals surface area contributed by atoms with Crippen LogP contribution in [0, 0.1) is 18.3 Å². The van der Waals surface area contributed by atoms with E-state index < -0.39 is 10.0 Å². The minimum Gasteiger partial charge on any atom is -0.340 e. The molecule has 23 heavy (non-hydrogen) atoms. The summed E-state index contributed by atoms with van der Waals surface area (Å²) in [5, 5.41) is 12.5. The van der Waals surface area contributed by atoms with Crippen molar-refractivity contribution in [3.8, 4) is 6.07 Å². The topological polar surface area (TPSA) is 100 Å². The number of hydrogen-bond acceptors (Lipinski definition) is 6. The van der Waals surface area contributed by atoms with Crippen molar-refractivity contribution in [2.75, 3.05) is 6.54 Å². The van der Waals surface area contributed by atoms with E-state index in [0.717, 1.165) is 5.56 Å². The molecule has 7 nitrogen and oxygen atoms in total. The van der Waals surface area contributed by atoms with E-state index in [-0.39, 0.29) is 18.1 Å². The van der Waals surface area contributed by atoms with Crippen molar-refractivity contribution in [2.24, 2.45) is 0 Å². The van der Waals surface area contributed by atoms with Gasteiger partial charge in [-0.3, -0.25) is 0 Å². The molecule has 0 atom stereocenters. The van der Waals surface area contributed by atoms with Gasteiger partial charge in [0.2, 0.25) is 15.9 Å². The molecule has 0 fully saturated rings. The van der Waals surface area contributed by atoms with E-state index in [9.17, 15) is 8.42 Å². The SMILES string of the molecule is CCCN(Cc1ccc(C#N)cc1)S(=O)(=O)Cc1noc(C)n1. The number of aryl methyl sites for hydroxylation is 1. The van der Waals surface area contributed by atoms with E-state index in [1.807, 2.05) is 13.0 Å². The highest BCUT2D eigenvalue weighted by molar-refractivity contribution is 7.88. The van der Waals surface area contributed by atoms with E-state index in [2.05, 4.69) is 10.1 Å². The Morgan fingerprint density at radius 3 is 2.52 bits per heavy atom. The smallest absolute Gasteiger partial charge is 0.223 e. The van der Waals surface area contributed by atoms with E-state index >= 15 is 0 Å². The van der Waals surface area contributed by atoms with Crippen molar-refractivity contribution >= 4 is 10.0 Å². The molecule has 0 aliphatic heterocycles. The average Bonchev–Trinajstić information content (AvgIpc) is 2.92. The Morgan fingerprint density at radius 1 is 1.30 bits per heavy atom. The summed E-state index contributed by atoms with van der Waals surface area (Å²) in [5.74, 6) is 0.202. The molecular weight excluding hydrogens is 316 g/mol. The number of hydrogen-bond donors (Lipinski definition) is 0. The summed E-state index contributed by atoms with van der Waals surface area (Å²) in [6.45, 7) is 4.18. The second-order valence-electron chi connectivity index (χ2n) is 5.13. The number of benzene rings is 1. The van der Waals surface area contributed by atoms with Gasteiger partial charge in [0.25, 0.3) is 0 Å². The molecule has 0 saturated heterocycles. The van der Waals surface area contributed by atoms with Gasteiger partial charge >= 0.3 is 0 Å². The number of rotatable bonds is 7. The van der Waals surface area contributed by atoms with Gasteiger partial charge in [0.05, 0.1) is 11.6 Å². The van der Waals surface area contributed by atoms with Gasteiger partial charge in [0.1, 0.15) is 5.75 Å². The molecule has 0 N–H and O–H groups in total. The van der Waals surface area contributed by atoms with Crippen molar-refractivity contribution in [1.29, 1.82) is 5.26 Å². The van der Waals surface area contributed by atoms with Gasteiger partial charge in [-0.15, -0.1) is 0 Å². The summed E-state index contributed by atoms with van der Waals surface area (Å²) in [6.07, 6.45) is 0.695. The number of aromatic nitrogens is 2. The second-order valence-corrected chi connectivity index (χ2v) is 7.10. The summed E-state index contributed by atoms with van der Waals surface area (Å²) in [6, 6.07) is 8.91. The third kappa shape index (κ3) is 4.61. The molecule has 0 unspecified atom stereocenters. The van der Waals surface area contributed by atoms with Gasteiger partial charge in [0.15, 0.2) is 5.82 Å². The zero-order valence-electron chi connectivity index (χ0n) is 13.1. The first-order valence-electron chi connectivity index (χ1n) is 7.20. The Hall–Kier alpha value is -2.24. The predicted octanol–water partition coefficient (Wildman–Crippen LogP) is 1.99. The molecule has 2 rings (SSSR count). The standard InChI is InChI=1S/C15H18N4O3S/c1-3-8-19(10-14-6-4-13(9-16)5-7-14)23(20,21)11-15-17-12(2)22-18-15/h4-7H,3,8,10-11H2,1-2H3. The van der Waals surface area contributed by atoms with Gasteiger partial charge in [-0.05, 0) is 24.1 Å². The van der Waals surface area contributed by atoms with Crippen LogP contribution in [0.4, 0.5) is 0 Å². The molecule has 0 amide bonds. The van der Waals surface area contributed by atoms with Crippen LogP contribution in [0.15, 0.2) is 28.8 Å². The van der Waals surface area contributed by atoms with Crippen molar-refractivity contribution in [3.05, 3.63) is 47.1 Å².